The molecule has 5 nitrogen and oxygen atoms in total. The van der Waals surface area contributed by atoms with Gasteiger partial charge in [0.05, 0.1) is 11.6 Å². The first kappa shape index (κ1) is 20.7. The van der Waals surface area contributed by atoms with Crippen LogP contribution in [0.2, 0.25) is 5.02 Å². The normalized spacial score (nSPS) is 14.8. The van der Waals surface area contributed by atoms with Crippen LogP contribution in [0.4, 0.5) is 5.69 Å². The summed E-state index contributed by atoms with van der Waals surface area (Å²) in [6, 6.07) is 5.17. The molecule has 1 aromatic carbocycles. The lowest BCUT2D eigenvalue weighted by atomic mass is 9.99. The molecule has 0 radical (unpaired) electrons. The fourth-order valence-electron chi connectivity index (χ4n) is 2.47. The van der Waals surface area contributed by atoms with Gasteiger partial charge >= 0.3 is 0 Å². The Morgan fingerprint density at radius 1 is 1.38 bits per heavy atom. The summed E-state index contributed by atoms with van der Waals surface area (Å²) in [4.78, 5) is 12.5. The van der Waals surface area contributed by atoms with Gasteiger partial charge in [0.1, 0.15) is 17.5 Å². The lowest BCUT2D eigenvalue weighted by molar-refractivity contribution is -0.139. The van der Waals surface area contributed by atoms with Crippen LogP contribution in [0, 0.1) is 0 Å². The van der Waals surface area contributed by atoms with Gasteiger partial charge in [0.15, 0.2) is 0 Å². The molecular formula is C18H28ClNO4. The maximum atomic E-state index is 12.5. The molecule has 2 unspecified atom stereocenters. The van der Waals surface area contributed by atoms with E-state index in [1.54, 1.807) is 32.2 Å². The number of carbonyl (C=O) groups is 1. The molecule has 24 heavy (non-hydrogen) atoms. The summed E-state index contributed by atoms with van der Waals surface area (Å²) in [7, 11) is 1.62. The minimum atomic E-state index is -0.849. The lowest BCUT2D eigenvalue weighted by Gasteiger charge is -2.28. The Labute approximate surface area is 149 Å². The minimum absolute atomic E-state index is 0.112. The summed E-state index contributed by atoms with van der Waals surface area (Å²) in [5, 5.41) is 3.30. The summed E-state index contributed by atoms with van der Waals surface area (Å²) >= 11 is 6.25. The Kier molecular flexibility index (Phi) is 8.53. The number of methoxy groups -OCH3 is 1. The van der Waals surface area contributed by atoms with Crippen LogP contribution >= 0.6 is 11.6 Å². The van der Waals surface area contributed by atoms with Crippen molar-refractivity contribution in [2.75, 3.05) is 25.6 Å². The molecule has 0 saturated carbocycles. The van der Waals surface area contributed by atoms with Crippen LogP contribution in [0.1, 0.15) is 40.5 Å². The summed E-state index contributed by atoms with van der Waals surface area (Å²) < 4.78 is 16.4. The van der Waals surface area contributed by atoms with Crippen molar-refractivity contribution in [1.29, 1.82) is 0 Å². The van der Waals surface area contributed by atoms with Crippen LogP contribution in [0.25, 0.3) is 0 Å². The Morgan fingerprint density at radius 3 is 2.62 bits per heavy atom. The first-order valence-electron chi connectivity index (χ1n) is 8.26. The summed E-state index contributed by atoms with van der Waals surface area (Å²) in [6.45, 7) is 8.56. The van der Waals surface area contributed by atoms with Gasteiger partial charge < -0.3 is 19.5 Å². The number of hydrogen-bond acceptors (Lipinski definition) is 4. The smallest absolute Gasteiger partial charge is 0.256 e. The largest absolute Gasteiger partial charge is 0.487 e. The second kappa shape index (κ2) is 9.87. The SMILES string of the molecule is CCCC(C)(OCC)C(=O)Nc1ccc(OC(C)COC)c(Cl)c1. The standard InChI is InChI=1S/C18H28ClNO4/c1-6-10-18(4,23-7-2)17(21)20-14-8-9-16(15(19)11-14)24-13(3)12-22-5/h8-9,11,13H,6-7,10,12H2,1-5H3,(H,20,21). The third kappa shape index (κ3) is 5.96. The van der Waals surface area contributed by atoms with Gasteiger partial charge in [0, 0.05) is 19.4 Å². The van der Waals surface area contributed by atoms with E-state index < -0.39 is 5.60 Å². The zero-order valence-corrected chi connectivity index (χ0v) is 15.9. The molecule has 0 fully saturated rings. The molecule has 2 atom stereocenters. The molecule has 0 saturated heterocycles. The van der Waals surface area contributed by atoms with Crippen LogP contribution in [-0.2, 0) is 14.3 Å². The number of ether oxygens (including phenoxy) is 3. The summed E-state index contributed by atoms with van der Waals surface area (Å²) in [5.41, 5.74) is -0.239. The van der Waals surface area contributed by atoms with Gasteiger partial charge in [-0.3, -0.25) is 4.79 Å². The highest BCUT2D eigenvalue weighted by molar-refractivity contribution is 6.32. The zero-order chi connectivity index (χ0) is 18.2. The van der Waals surface area contributed by atoms with E-state index in [0.29, 0.717) is 36.1 Å². The van der Waals surface area contributed by atoms with Gasteiger partial charge in [-0.05, 0) is 45.4 Å². The Hall–Kier alpha value is -1.30. The van der Waals surface area contributed by atoms with Crippen LogP contribution in [0.15, 0.2) is 18.2 Å². The van der Waals surface area contributed by atoms with Gasteiger partial charge in [-0.1, -0.05) is 24.9 Å². The van der Waals surface area contributed by atoms with Crippen molar-refractivity contribution >= 4 is 23.2 Å². The van der Waals surface area contributed by atoms with E-state index >= 15 is 0 Å². The van der Waals surface area contributed by atoms with Crippen molar-refractivity contribution in [3.63, 3.8) is 0 Å². The van der Waals surface area contributed by atoms with E-state index in [4.69, 9.17) is 25.8 Å². The number of anilines is 1. The fraction of sp³-hybridized carbons (Fsp3) is 0.611. The van der Waals surface area contributed by atoms with Crippen LogP contribution < -0.4 is 10.1 Å². The molecule has 0 bridgehead atoms. The third-order valence-corrected chi connectivity index (χ3v) is 3.88. The summed E-state index contributed by atoms with van der Waals surface area (Å²) in [6.07, 6.45) is 1.39. The predicted molar refractivity (Wildman–Crippen MR) is 97.0 cm³/mol. The van der Waals surface area contributed by atoms with Gasteiger partial charge in [0.2, 0.25) is 0 Å². The first-order valence-corrected chi connectivity index (χ1v) is 8.64. The van der Waals surface area contributed by atoms with Gasteiger partial charge in [-0.25, -0.2) is 0 Å². The second-order valence-corrected chi connectivity index (χ2v) is 6.30. The van der Waals surface area contributed by atoms with E-state index in [2.05, 4.69) is 5.32 Å². The number of halogens is 1. The van der Waals surface area contributed by atoms with E-state index in [1.807, 2.05) is 20.8 Å². The number of rotatable bonds is 10. The quantitative estimate of drug-likeness (QED) is 0.678. The molecule has 1 aromatic rings. The number of amides is 1. The highest BCUT2D eigenvalue weighted by Crippen LogP contribution is 2.29. The van der Waals surface area contributed by atoms with Crippen LogP contribution in [-0.4, -0.2) is 37.9 Å². The molecule has 6 heteroatoms. The molecule has 0 aliphatic rings. The number of benzene rings is 1. The van der Waals surface area contributed by atoms with Crippen molar-refractivity contribution in [2.45, 2.75) is 52.2 Å². The molecule has 0 aliphatic heterocycles. The van der Waals surface area contributed by atoms with Gasteiger partial charge in [0.25, 0.3) is 5.91 Å². The predicted octanol–water partition coefficient (Wildman–Crippen LogP) is 4.29. The Morgan fingerprint density at radius 2 is 2.08 bits per heavy atom. The van der Waals surface area contributed by atoms with Crippen molar-refractivity contribution in [2.24, 2.45) is 0 Å². The molecule has 1 N–H and O–H groups in total. The molecular weight excluding hydrogens is 330 g/mol. The number of hydrogen-bond donors (Lipinski definition) is 1. The minimum Gasteiger partial charge on any atom is -0.487 e. The first-order chi connectivity index (χ1) is 11.4. The average molecular weight is 358 g/mol. The number of nitrogens with one attached hydrogen (secondary N) is 1. The summed E-state index contributed by atoms with van der Waals surface area (Å²) in [5.74, 6) is 0.379. The van der Waals surface area contributed by atoms with Gasteiger partial charge in [-0.15, -0.1) is 0 Å². The van der Waals surface area contributed by atoms with Crippen molar-refractivity contribution < 1.29 is 19.0 Å². The average Bonchev–Trinajstić information content (AvgIpc) is 2.50. The Balaban J connectivity index is 2.81. The molecule has 136 valence electrons. The maximum Gasteiger partial charge on any atom is 0.256 e. The molecule has 1 amide bonds. The monoisotopic (exact) mass is 357 g/mol. The fourth-order valence-corrected chi connectivity index (χ4v) is 2.69. The van der Waals surface area contributed by atoms with Crippen molar-refractivity contribution in [3.8, 4) is 5.75 Å². The molecule has 0 aromatic heterocycles. The third-order valence-electron chi connectivity index (χ3n) is 3.59. The molecule has 0 aliphatic carbocycles. The Bertz CT molecular complexity index is 530. The number of carbonyl (C=O) groups excluding carboxylic acids is 1. The van der Waals surface area contributed by atoms with Crippen LogP contribution in [0.5, 0.6) is 5.75 Å². The van der Waals surface area contributed by atoms with Crippen molar-refractivity contribution in [3.05, 3.63) is 23.2 Å². The van der Waals surface area contributed by atoms with Crippen molar-refractivity contribution in [1.82, 2.24) is 0 Å². The second-order valence-electron chi connectivity index (χ2n) is 5.90. The van der Waals surface area contributed by atoms with E-state index in [0.717, 1.165) is 6.42 Å². The van der Waals surface area contributed by atoms with E-state index in [-0.39, 0.29) is 12.0 Å². The maximum absolute atomic E-state index is 12.5. The van der Waals surface area contributed by atoms with Gasteiger partial charge in [-0.2, -0.15) is 0 Å². The van der Waals surface area contributed by atoms with Crippen LogP contribution in [0.3, 0.4) is 0 Å². The highest BCUT2D eigenvalue weighted by Gasteiger charge is 2.33. The molecule has 0 spiro atoms. The zero-order valence-electron chi connectivity index (χ0n) is 15.1. The molecule has 1 rings (SSSR count). The topological polar surface area (TPSA) is 56.8 Å². The van der Waals surface area contributed by atoms with E-state index in [1.165, 1.54) is 0 Å². The van der Waals surface area contributed by atoms with E-state index in [9.17, 15) is 4.79 Å². The lowest BCUT2D eigenvalue weighted by Crippen LogP contribution is -2.42. The molecule has 0 heterocycles. The highest BCUT2D eigenvalue weighted by atomic mass is 35.5.